The standard InChI is InChI=1S/C16H31N3/c1-5-6-7-12(2)19-14(10-13-8-9-13)11-16(3,4)15(17)18/h6-7,11-13,15,19H,5,8-10,17-18H2,1-4H3/b7-6-,14-11-/t12-/m0/s1. The van der Waals surface area contributed by atoms with Crippen LogP contribution in [0.25, 0.3) is 0 Å². The van der Waals surface area contributed by atoms with Gasteiger partial charge in [0.05, 0.1) is 6.17 Å². The van der Waals surface area contributed by atoms with E-state index in [1.807, 2.05) is 0 Å². The number of hydrogen-bond acceptors (Lipinski definition) is 3. The second-order valence-corrected chi connectivity index (χ2v) is 6.43. The summed E-state index contributed by atoms with van der Waals surface area (Å²) in [6.45, 7) is 8.53. The Morgan fingerprint density at radius 1 is 1.37 bits per heavy atom. The summed E-state index contributed by atoms with van der Waals surface area (Å²) >= 11 is 0. The van der Waals surface area contributed by atoms with E-state index >= 15 is 0 Å². The Morgan fingerprint density at radius 2 is 2.00 bits per heavy atom. The fourth-order valence-corrected chi connectivity index (χ4v) is 2.02. The number of nitrogens with one attached hydrogen (secondary N) is 1. The van der Waals surface area contributed by atoms with Gasteiger partial charge in [0, 0.05) is 17.2 Å². The number of hydrogen-bond donors (Lipinski definition) is 3. The molecule has 0 amide bonds. The van der Waals surface area contributed by atoms with Crippen molar-refractivity contribution in [3.8, 4) is 0 Å². The molecule has 3 nitrogen and oxygen atoms in total. The van der Waals surface area contributed by atoms with Crippen molar-refractivity contribution < 1.29 is 0 Å². The largest absolute Gasteiger partial charge is 0.383 e. The zero-order valence-corrected chi connectivity index (χ0v) is 12.9. The highest BCUT2D eigenvalue weighted by Gasteiger charge is 2.26. The molecule has 1 aliphatic rings. The van der Waals surface area contributed by atoms with Gasteiger partial charge in [0.1, 0.15) is 0 Å². The predicted molar refractivity (Wildman–Crippen MR) is 83.4 cm³/mol. The molecule has 0 aliphatic heterocycles. The SMILES string of the molecule is CC/C=C\[C@H](C)N/C(=C\C(C)(C)C(N)N)CC1CC1. The first-order chi connectivity index (χ1) is 8.85. The molecule has 110 valence electrons. The minimum atomic E-state index is -0.329. The van der Waals surface area contributed by atoms with E-state index < -0.39 is 0 Å². The molecule has 1 rings (SSSR count). The lowest BCUT2D eigenvalue weighted by molar-refractivity contribution is 0.373. The molecule has 19 heavy (non-hydrogen) atoms. The quantitative estimate of drug-likeness (QED) is 0.467. The second kappa shape index (κ2) is 7.11. The van der Waals surface area contributed by atoms with Gasteiger partial charge in [0.2, 0.25) is 0 Å². The molecule has 1 atom stereocenters. The molecule has 0 saturated heterocycles. The smallest absolute Gasteiger partial charge is 0.0609 e. The molecule has 5 N–H and O–H groups in total. The fourth-order valence-electron chi connectivity index (χ4n) is 2.02. The van der Waals surface area contributed by atoms with Crippen LogP contribution in [-0.4, -0.2) is 12.2 Å². The summed E-state index contributed by atoms with van der Waals surface area (Å²) in [5, 5.41) is 3.60. The highest BCUT2D eigenvalue weighted by molar-refractivity contribution is 5.12. The normalized spacial score (nSPS) is 19.2. The van der Waals surface area contributed by atoms with E-state index in [-0.39, 0.29) is 11.6 Å². The van der Waals surface area contributed by atoms with Crippen LogP contribution >= 0.6 is 0 Å². The molecule has 1 saturated carbocycles. The van der Waals surface area contributed by atoms with Gasteiger partial charge < -0.3 is 16.8 Å². The lowest BCUT2D eigenvalue weighted by atomic mass is 9.88. The maximum absolute atomic E-state index is 5.87. The molecular weight excluding hydrogens is 234 g/mol. The zero-order chi connectivity index (χ0) is 14.5. The van der Waals surface area contributed by atoms with E-state index in [1.165, 1.54) is 18.5 Å². The third-order valence-electron chi connectivity index (χ3n) is 3.68. The van der Waals surface area contributed by atoms with Crippen LogP contribution in [0, 0.1) is 11.3 Å². The Hall–Kier alpha value is -0.800. The van der Waals surface area contributed by atoms with Crippen molar-refractivity contribution in [1.29, 1.82) is 0 Å². The van der Waals surface area contributed by atoms with E-state index in [1.54, 1.807) is 0 Å². The molecule has 0 aromatic carbocycles. The fraction of sp³-hybridized carbons (Fsp3) is 0.750. The predicted octanol–water partition coefficient (Wildman–Crippen LogP) is 2.88. The number of allylic oxidation sites excluding steroid dienone is 2. The van der Waals surface area contributed by atoms with Crippen molar-refractivity contribution in [3.63, 3.8) is 0 Å². The summed E-state index contributed by atoms with van der Waals surface area (Å²) in [7, 11) is 0. The summed E-state index contributed by atoms with van der Waals surface area (Å²) in [6.07, 6.45) is 11.2. The third kappa shape index (κ3) is 6.26. The first-order valence-corrected chi connectivity index (χ1v) is 7.51. The van der Waals surface area contributed by atoms with Gasteiger partial charge in [-0.1, -0.05) is 39.0 Å². The monoisotopic (exact) mass is 265 g/mol. The van der Waals surface area contributed by atoms with Crippen LogP contribution in [-0.2, 0) is 0 Å². The maximum atomic E-state index is 5.87. The van der Waals surface area contributed by atoms with Gasteiger partial charge in [-0.2, -0.15) is 0 Å². The summed E-state index contributed by atoms with van der Waals surface area (Å²) in [5.41, 5.74) is 12.9. The van der Waals surface area contributed by atoms with E-state index in [0.29, 0.717) is 6.04 Å². The average molecular weight is 265 g/mol. The molecular formula is C16H31N3. The summed E-state index contributed by atoms with van der Waals surface area (Å²) in [5.74, 6) is 0.853. The lowest BCUT2D eigenvalue weighted by Crippen LogP contribution is -2.44. The third-order valence-corrected chi connectivity index (χ3v) is 3.68. The molecule has 0 unspecified atom stereocenters. The second-order valence-electron chi connectivity index (χ2n) is 6.43. The van der Waals surface area contributed by atoms with Crippen molar-refractivity contribution in [2.75, 3.05) is 0 Å². The van der Waals surface area contributed by atoms with Gasteiger partial charge in [-0.3, -0.25) is 0 Å². The van der Waals surface area contributed by atoms with Crippen LogP contribution in [0.4, 0.5) is 0 Å². The maximum Gasteiger partial charge on any atom is 0.0609 e. The summed E-state index contributed by atoms with van der Waals surface area (Å²) in [6, 6.07) is 0.356. The zero-order valence-electron chi connectivity index (χ0n) is 12.9. The highest BCUT2D eigenvalue weighted by Crippen LogP contribution is 2.35. The lowest BCUT2D eigenvalue weighted by Gasteiger charge is -2.27. The Kier molecular flexibility index (Phi) is 6.08. The van der Waals surface area contributed by atoms with Crippen molar-refractivity contribution in [3.05, 3.63) is 23.9 Å². The van der Waals surface area contributed by atoms with Crippen molar-refractivity contribution in [2.45, 2.75) is 65.6 Å². The van der Waals surface area contributed by atoms with Gasteiger partial charge in [-0.05, 0) is 38.5 Å². The molecule has 0 radical (unpaired) electrons. The van der Waals surface area contributed by atoms with Crippen molar-refractivity contribution >= 4 is 0 Å². The van der Waals surface area contributed by atoms with Crippen LogP contribution in [0.1, 0.15) is 53.4 Å². The van der Waals surface area contributed by atoms with E-state index in [4.69, 9.17) is 11.5 Å². The Balaban J connectivity index is 2.70. The van der Waals surface area contributed by atoms with Gasteiger partial charge in [0.15, 0.2) is 0 Å². The van der Waals surface area contributed by atoms with Gasteiger partial charge in [-0.15, -0.1) is 0 Å². The highest BCUT2D eigenvalue weighted by atomic mass is 14.9. The molecule has 1 fully saturated rings. The minimum absolute atomic E-state index is 0.175. The molecule has 1 aliphatic carbocycles. The topological polar surface area (TPSA) is 64.1 Å². The van der Waals surface area contributed by atoms with Crippen LogP contribution in [0.15, 0.2) is 23.9 Å². The van der Waals surface area contributed by atoms with Gasteiger partial charge in [-0.25, -0.2) is 0 Å². The van der Waals surface area contributed by atoms with Crippen LogP contribution in [0.2, 0.25) is 0 Å². The molecule has 3 heteroatoms. The van der Waals surface area contributed by atoms with E-state index in [9.17, 15) is 0 Å². The molecule has 0 heterocycles. The first kappa shape index (κ1) is 16.3. The molecule has 0 spiro atoms. The van der Waals surface area contributed by atoms with Crippen LogP contribution in [0.3, 0.4) is 0 Å². The Labute approximate surface area is 118 Å². The molecule has 0 aromatic heterocycles. The van der Waals surface area contributed by atoms with Gasteiger partial charge >= 0.3 is 0 Å². The number of rotatable bonds is 8. The number of nitrogens with two attached hydrogens (primary N) is 2. The minimum Gasteiger partial charge on any atom is -0.383 e. The first-order valence-electron chi connectivity index (χ1n) is 7.51. The van der Waals surface area contributed by atoms with Crippen LogP contribution < -0.4 is 16.8 Å². The van der Waals surface area contributed by atoms with Gasteiger partial charge in [0.25, 0.3) is 0 Å². The van der Waals surface area contributed by atoms with Crippen molar-refractivity contribution in [1.82, 2.24) is 5.32 Å². The van der Waals surface area contributed by atoms with E-state index in [0.717, 1.165) is 18.8 Å². The molecule has 0 aromatic rings. The van der Waals surface area contributed by atoms with E-state index in [2.05, 4.69) is 51.2 Å². The summed E-state index contributed by atoms with van der Waals surface area (Å²) < 4.78 is 0. The Morgan fingerprint density at radius 3 is 2.47 bits per heavy atom. The van der Waals surface area contributed by atoms with Crippen LogP contribution in [0.5, 0.6) is 0 Å². The Bertz CT molecular complexity index is 325. The average Bonchev–Trinajstić information content (AvgIpc) is 3.09. The van der Waals surface area contributed by atoms with Crippen molar-refractivity contribution in [2.24, 2.45) is 22.8 Å². The summed E-state index contributed by atoms with van der Waals surface area (Å²) in [4.78, 5) is 0. The molecule has 0 bridgehead atoms.